The average Bonchev–Trinajstić information content (AvgIpc) is 2.71. The van der Waals surface area contributed by atoms with Crippen molar-refractivity contribution >= 4 is 15.9 Å². The van der Waals surface area contributed by atoms with Gasteiger partial charge in [-0.05, 0) is 36.0 Å². The van der Waals surface area contributed by atoms with E-state index in [4.69, 9.17) is 9.47 Å². The Morgan fingerprint density at radius 1 is 1.00 bits per heavy atom. The van der Waals surface area contributed by atoms with Gasteiger partial charge in [-0.25, -0.2) is 0 Å². The first-order chi connectivity index (χ1) is 9.69. The maximum absolute atomic E-state index is 5.81. The number of fused-ring (bicyclic) bond motifs is 1. The first-order valence-electron chi connectivity index (χ1n) is 7.73. The Bertz CT molecular complexity index is 466. The SMILES string of the molecule is CC1(C(Br)c2ccc3c(c2)OCCCO3)CCCCC1. The summed E-state index contributed by atoms with van der Waals surface area (Å²) in [5, 5.41) is 0. The second-order valence-electron chi connectivity index (χ2n) is 6.33. The molecule has 3 rings (SSSR count). The molecule has 0 saturated heterocycles. The van der Waals surface area contributed by atoms with Gasteiger partial charge >= 0.3 is 0 Å². The highest BCUT2D eigenvalue weighted by Gasteiger charge is 2.35. The fourth-order valence-electron chi connectivity index (χ4n) is 3.35. The van der Waals surface area contributed by atoms with Crippen molar-refractivity contribution in [3.05, 3.63) is 23.8 Å². The Morgan fingerprint density at radius 2 is 1.70 bits per heavy atom. The van der Waals surface area contributed by atoms with Gasteiger partial charge in [0.05, 0.1) is 13.2 Å². The molecule has 1 heterocycles. The Kier molecular flexibility index (Phi) is 4.25. The van der Waals surface area contributed by atoms with Crippen LogP contribution in [0.1, 0.15) is 55.8 Å². The minimum Gasteiger partial charge on any atom is -0.490 e. The standard InChI is InChI=1S/C17H23BrO2/c1-17(8-3-2-4-9-17)16(18)13-6-7-14-15(12-13)20-11-5-10-19-14/h6-7,12,16H,2-5,8-11H2,1H3. The largest absolute Gasteiger partial charge is 0.490 e. The molecule has 20 heavy (non-hydrogen) atoms. The average molecular weight is 339 g/mol. The molecule has 3 heteroatoms. The smallest absolute Gasteiger partial charge is 0.161 e. The van der Waals surface area contributed by atoms with Gasteiger partial charge in [-0.3, -0.25) is 0 Å². The lowest BCUT2D eigenvalue weighted by molar-refractivity contribution is 0.212. The summed E-state index contributed by atoms with van der Waals surface area (Å²) in [5.41, 5.74) is 1.68. The molecular weight excluding hydrogens is 316 g/mol. The van der Waals surface area contributed by atoms with Crippen LogP contribution < -0.4 is 9.47 Å². The number of alkyl halides is 1. The molecule has 1 aromatic carbocycles. The maximum Gasteiger partial charge on any atom is 0.161 e. The number of rotatable bonds is 2. The Morgan fingerprint density at radius 3 is 2.45 bits per heavy atom. The molecule has 1 unspecified atom stereocenters. The summed E-state index contributed by atoms with van der Waals surface area (Å²) in [7, 11) is 0. The zero-order valence-corrected chi connectivity index (χ0v) is 13.7. The van der Waals surface area contributed by atoms with E-state index in [2.05, 4.69) is 41.1 Å². The van der Waals surface area contributed by atoms with Gasteiger partial charge in [0.25, 0.3) is 0 Å². The second-order valence-corrected chi connectivity index (χ2v) is 7.25. The Hall–Kier alpha value is -0.700. The minimum absolute atomic E-state index is 0.359. The van der Waals surface area contributed by atoms with E-state index in [1.807, 2.05) is 0 Å². The molecule has 0 bridgehead atoms. The van der Waals surface area contributed by atoms with Gasteiger partial charge in [-0.1, -0.05) is 48.2 Å². The van der Waals surface area contributed by atoms with E-state index < -0.39 is 0 Å². The predicted molar refractivity (Wildman–Crippen MR) is 84.9 cm³/mol. The van der Waals surface area contributed by atoms with Crippen molar-refractivity contribution in [3.63, 3.8) is 0 Å². The van der Waals surface area contributed by atoms with Gasteiger partial charge in [0, 0.05) is 11.2 Å². The summed E-state index contributed by atoms with van der Waals surface area (Å²) in [6.45, 7) is 3.91. The van der Waals surface area contributed by atoms with Crippen LogP contribution in [-0.4, -0.2) is 13.2 Å². The molecule has 1 atom stereocenters. The van der Waals surface area contributed by atoms with E-state index in [0.29, 0.717) is 10.2 Å². The lowest BCUT2D eigenvalue weighted by Gasteiger charge is -2.38. The van der Waals surface area contributed by atoms with Crippen LogP contribution >= 0.6 is 15.9 Å². The first-order valence-corrected chi connectivity index (χ1v) is 8.64. The van der Waals surface area contributed by atoms with Crippen molar-refractivity contribution in [3.8, 4) is 11.5 Å². The van der Waals surface area contributed by atoms with Crippen molar-refractivity contribution in [2.45, 2.75) is 50.3 Å². The highest BCUT2D eigenvalue weighted by molar-refractivity contribution is 9.09. The monoisotopic (exact) mass is 338 g/mol. The second kappa shape index (κ2) is 5.97. The molecule has 2 nitrogen and oxygen atoms in total. The zero-order chi connectivity index (χ0) is 14.0. The van der Waals surface area contributed by atoms with Gasteiger partial charge in [0.1, 0.15) is 0 Å². The van der Waals surface area contributed by atoms with E-state index in [-0.39, 0.29) is 0 Å². The van der Waals surface area contributed by atoms with Crippen LogP contribution in [0.4, 0.5) is 0 Å². The molecule has 1 aliphatic heterocycles. The van der Waals surface area contributed by atoms with E-state index in [9.17, 15) is 0 Å². The zero-order valence-electron chi connectivity index (χ0n) is 12.2. The van der Waals surface area contributed by atoms with Gasteiger partial charge < -0.3 is 9.47 Å². The molecule has 1 fully saturated rings. The van der Waals surface area contributed by atoms with Crippen LogP contribution in [0.3, 0.4) is 0 Å². The van der Waals surface area contributed by atoms with Crippen molar-refractivity contribution < 1.29 is 9.47 Å². The van der Waals surface area contributed by atoms with Crippen molar-refractivity contribution in [2.24, 2.45) is 5.41 Å². The number of hydrogen-bond donors (Lipinski definition) is 0. The third kappa shape index (κ3) is 2.83. The quantitative estimate of drug-likeness (QED) is 0.685. The molecule has 1 aromatic rings. The van der Waals surface area contributed by atoms with Crippen LogP contribution in [0.15, 0.2) is 18.2 Å². The van der Waals surface area contributed by atoms with E-state index in [1.54, 1.807) is 0 Å². The van der Waals surface area contributed by atoms with Gasteiger partial charge in [-0.15, -0.1) is 0 Å². The summed E-state index contributed by atoms with van der Waals surface area (Å²) in [6.07, 6.45) is 7.65. The molecular formula is C17H23BrO2. The number of hydrogen-bond acceptors (Lipinski definition) is 2. The van der Waals surface area contributed by atoms with Gasteiger partial charge in [0.15, 0.2) is 11.5 Å². The topological polar surface area (TPSA) is 18.5 Å². The molecule has 1 saturated carbocycles. The molecule has 1 aliphatic carbocycles. The predicted octanol–water partition coefficient (Wildman–Crippen LogP) is 5.25. The highest BCUT2D eigenvalue weighted by atomic mass is 79.9. The van der Waals surface area contributed by atoms with Crippen molar-refractivity contribution in [1.82, 2.24) is 0 Å². The third-order valence-corrected chi connectivity index (χ3v) is 6.31. The van der Waals surface area contributed by atoms with Crippen molar-refractivity contribution in [2.75, 3.05) is 13.2 Å². The van der Waals surface area contributed by atoms with Crippen LogP contribution in [0, 0.1) is 5.41 Å². The molecule has 110 valence electrons. The van der Waals surface area contributed by atoms with Gasteiger partial charge in [0.2, 0.25) is 0 Å². The summed E-state index contributed by atoms with van der Waals surface area (Å²) in [6, 6.07) is 6.42. The fourth-order valence-corrected chi connectivity index (χ4v) is 4.10. The van der Waals surface area contributed by atoms with Gasteiger partial charge in [-0.2, -0.15) is 0 Å². The van der Waals surface area contributed by atoms with Crippen LogP contribution in [0.2, 0.25) is 0 Å². The molecule has 2 aliphatic rings. The molecule has 0 spiro atoms. The van der Waals surface area contributed by atoms with Crippen LogP contribution in [-0.2, 0) is 0 Å². The molecule has 0 aromatic heterocycles. The summed E-state index contributed by atoms with van der Waals surface area (Å²) >= 11 is 3.95. The molecule has 0 radical (unpaired) electrons. The third-order valence-electron chi connectivity index (χ3n) is 4.67. The first kappa shape index (κ1) is 14.2. The Labute approximate surface area is 130 Å². The molecule has 0 amide bonds. The normalized spacial score (nSPS) is 22.9. The summed E-state index contributed by atoms with van der Waals surface area (Å²) < 4.78 is 11.5. The highest BCUT2D eigenvalue weighted by Crippen LogP contribution is 2.51. The van der Waals surface area contributed by atoms with Crippen LogP contribution in [0.5, 0.6) is 11.5 Å². The maximum atomic E-state index is 5.81. The molecule has 0 N–H and O–H groups in total. The van der Waals surface area contributed by atoms with E-state index in [0.717, 1.165) is 31.1 Å². The fraction of sp³-hybridized carbons (Fsp3) is 0.647. The minimum atomic E-state index is 0.359. The number of ether oxygens (including phenoxy) is 2. The van der Waals surface area contributed by atoms with E-state index in [1.165, 1.54) is 37.7 Å². The number of halogens is 1. The lowest BCUT2D eigenvalue weighted by Crippen LogP contribution is -2.25. The lowest BCUT2D eigenvalue weighted by atomic mass is 9.72. The van der Waals surface area contributed by atoms with E-state index >= 15 is 0 Å². The van der Waals surface area contributed by atoms with Crippen molar-refractivity contribution in [1.29, 1.82) is 0 Å². The Balaban J connectivity index is 1.84. The number of benzene rings is 1. The summed E-state index contributed by atoms with van der Waals surface area (Å²) in [5.74, 6) is 1.80. The summed E-state index contributed by atoms with van der Waals surface area (Å²) in [4.78, 5) is 0.396. The van der Waals surface area contributed by atoms with Crippen LogP contribution in [0.25, 0.3) is 0 Å².